The lowest BCUT2D eigenvalue weighted by atomic mass is 10.2. The van der Waals surface area contributed by atoms with Gasteiger partial charge in [0.2, 0.25) is 5.82 Å². The normalized spacial score (nSPS) is 15.1. The van der Waals surface area contributed by atoms with Crippen LogP contribution in [0.2, 0.25) is 0 Å². The van der Waals surface area contributed by atoms with Gasteiger partial charge >= 0.3 is 24.1 Å². The number of alkyl halides is 5. The maximum absolute atomic E-state index is 13.7. The molecule has 11 heteroatoms. The van der Waals surface area contributed by atoms with Gasteiger partial charge in [-0.25, -0.2) is 0 Å². The molecule has 0 spiro atoms. The van der Waals surface area contributed by atoms with Crippen LogP contribution in [0.5, 0.6) is 5.75 Å². The molecule has 0 bridgehead atoms. The lowest BCUT2D eigenvalue weighted by Crippen LogP contribution is -2.45. The molecule has 134 valence electrons. The van der Waals surface area contributed by atoms with Gasteiger partial charge in [-0.1, -0.05) is 5.16 Å². The van der Waals surface area contributed by atoms with Crippen LogP contribution in [0.15, 0.2) is 28.8 Å². The van der Waals surface area contributed by atoms with Gasteiger partial charge in [0.15, 0.2) is 0 Å². The zero-order chi connectivity index (χ0) is 18.2. The number of rotatable bonds is 5. The summed E-state index contributed by atoms with van der Waals surface area (Å²) in [6, 6.07) is 4.17. The molecule has 1 N–H and O–H groups in total. The molecule has 1 aliphatic rings. The molecular formula is C14H10F5N3O3. The van der Waals surface area contributed by atoms with E-state index < -0.39 is 24.1 Å². The Morgan fingerprint density at radius 3 is 2.32 bits per heavy atom. The molecule has 0 aliphatic heterocycles. The van der Waals surface area contributed by atoms with Crippen molar-refractivity contribution >= 4 is 5.91 Å². The van der Waals surface area contributed by atoms with Gasteiger partial charge in [-0.05, 0) is 37.1 Å². The zero-order valence-corrected chi connectivity index (χ0v) is 12.3. The van der Waals surface area contributed by atoms with Crippen molar-refractivity contribution in [2.75, 3.05) is 0 Å². The van der Waals surface area contributed by atoms with Gasteiger partial charge in [0, 0.05) is 11.6 Å². The van der Waals surface area contributed by atoms with E-state index in [2.05, 4.69) is 24.7 Å². The summed E-state index contributed by atoms with van der Waals surface area (Å²) in [7, 11) is 0. The number of carbonyl (C=O) groups excluding carboxylic acids is 1. The van der Waals surface area contributed by atoms with Gasteiger partial charge in [0.25, 0.3) is 0 Å². The zero-order valence-electron chi connectivity index (χ0n) is 12.3. The van der Waals surface area contributed by atoms with Crippen molar-refractivity contribution in [1.29, 1.82) is 0 Å². The fourth-order valence-electron chi connectivity index (χ4n) is 1.82. The van der Waals surface area contributed by atoms with Gasteiger partial charge in [-0.15, -0.1) is 0 Å². The first-order valence-electron chi connectivity index (χ1n) is 7.04. The Hall–Kier alpha value is -2.72. The van der Waals surface area contributed by atoms with Crippen molar-refractivity contribution in [3.8, 4) is 17.1 Å². The van der Waals surface area contributed by atoms with E-state index >= 15 is 0 Å². The third kappa shape index (κ3) is 4.03. The quantitative estimate of drug-likeness (QED) is 0.827. The second-order valence-corrected chi connectivity index (χ2v) is 5.31. The van der Waals surface area contributed by atoms with Crippen LogP contribution in [-0.2, 0) is 11.0 Å². The Morgan fingerprint density at radius 1 is 1.16 bits per heavy atom. The number of halogens is 5. The molecule has 0 unspecified atom stereocenters. The maximum Gasteiger partial charge on any atom is 0.482 e. The van der Waals surface area contributed by atoms with Gasteiger partial charge in [-0.2, -0.15) is 26.9 Å². The number of benzene rings is 1. The van der Waals surface area contributed by atoms with Crippen LogP contribution >= 0.6 is 0 Å². The van der Waals surface area contributed by atoms with E-state index in [9.17, 15) is 26.7 Å². The summed E-state index contributed by atoms with van der Waals surface area (Å²) in [6.07, 6.45) is -7.58. The van der Waals surface area contributed by atoms with E-state index in [0.29, 0.717) is 12.8 Å². The highest BCUT2D eigenvalue weighted by Gasteiger charge is 2.44. The summed E-state index contributed by atoms with van der Waals surface area (Å²) in [6.45, 7) is 0. The van der Waals surface area contributed by atoms with E-state index in [1.54, 1.807) is 0 Å². The predicted octanol–water partition coefficient (Wildman–Crippen LogP) is 3.01. The molecule has 1 amide bonds. The Morgan fingerprint density at radius 2 is 1.80 bits per heavy atom. The number of nitrogens with one attached hydrogen (secondary N) is 1. The molecule has 0 radical (unpaired) electrons. The third-order valence-electron chi connectivity index (χ3n) is 3.20. The minimum Gasteiger partial charge on any atom is -0.425 e. The summed E-state index contributed by atoms with van der Waals surface area (Å²) in [5.41, 5.74) is 0.0948. The molecule has 1 saturated carbocycles. The minimum atomic E-state index is -4.79. The molecule has 25 heavy (non-hydrogen) atoms. The average molecular weight is 363 g/mol. The van der Waals surface area contributed by atoms with Crippen LogP contribution in [0, 0.1) is 0 Å². The molecule has 1 heterocycles. The molecule has 2 aromatic rings. The maximum atomic E-state index is 13.7. The van der Waals surface area contributed by atoms with Gasteiger partial charge in [0.05, 0.1) is 0 Å². The number of hydrogen-bond donors (Lipinski definition) is 1. The molecule has 1 aromatic carbocycles. The second kappa shape index (κ2) is 5.97. The Kier molecular flexibility index (Phi) is 4.09. The van der Waals surface area contributed by atoms with E-state index in [0.717, 1.165) is 24.3 Å². The van der Waals surface area contributed by atoms with Crippen molar-refractivity contribution in [3.05, 3.63) is 30.2 Å². The van der Waals surface area contributed by atoms with Gasteiger partial charge in [0.1, 0.15) is 5.75 Å². The third-order valence-corrected chi connectivity index (χ3v) is 3.20. The van der Waals surface area contributed by atoms with Crippen molar-refractivity contribution in [2.24, 2.45) is 0 Å². The number of ether oxygens (including phenoxy) is 1. The second-order valence-electron chi connectivity index (χ2n) is 5.31. The molecular weight excluding hydrogens is 353 g/mol. The first kappa shape index (κ1) is 17.1. The standard InChI is InChI=1S/C14H10F5N3O3/c15-13(16,17)12-21-10(22-25-12)7-1-5-9(6-2-7)24-14(18,19)11(23)20-8-3-4-8/h1-2,5-6,8H,3-4H2,(H,20,23). The summed E-state index contributed by atoms with van der Waals surface area (Å²) in [5.74, 6) is -3.78. The fourth-order valence-corrected chi connectivity index (χ4v) is 1.82. The minimum absolute atomic E-state index is 0.0948. The van der Waals surface area contributed by atoms with Crippen LogP contribution in [0.25, 0.3) is 11.4 Å². The molecule has 1 aromatic heterocycles. The van der Waals surface area contributed by atoms with E-state index in [1.807, 2.05) is 0 Å². The first-order valence-corrected chi connectivity index (χ1v) is 7.04. The Labute approximate surface area is 137 Å². The number of nitrogens with zero attached hydrogens (tertiary/aromatic N) is 2. The fraction of sp³-hybridized carbons (Fsp3) is 0.357. The molecule has 0 atom stereocenters. The first-order chi connectivity index (χ1) is 11.6. The van der Waals surface area contributed by atoms with E-state index in [1.165, 1.54) is 0 Å². The molecule has 1 fully saturated rings. The Bertz CT molecular complexity index is 769. The topological polar surface area (TPSA) is 77.2 Å². The lowest BCUT2D eigenvalue weighted by molar-refractivity contribution is -0.193. The average Bonchev–Trinajstić information content (AvgIpc) is 3.18. The molecule has 3 rings (SSSR count). The summed E-state index contributed by atoms with van der Waals surface area (Å²) in [5, 5.41) is 5.28. The summed E-state index contributed by atoms with van der Waals surface area (Å²) >= 11 is 0. The molecule has 1 aliphatic carbocycles. The lowest BCUT2D eigenvalue weighted by Gasteiger charge is -2.17. The van der Waals surface area contributed by atoms with Gasteiger partial charge < -0.3 is 14.6 Å². The number of hydrogen-bond acceptors (Lipinski definition) is 5. The Balaban J connectivity index is 1.69. The summed E-state index contributed by atoms with van der Waals surface area (Å²) in [4.78, 5) is 14.5. The largest absolute Gasteiger partial charge is 0.482 e. The van der Waals surface area contributed by atoms with Crippen molar-refractivity contribution < 1.29 is 36.0 Å². The van der Waals surface area contributed by atoms with Crippen LogP contribution < -0.4 is 10.1 Å². The number of aromatic nitrogens is 2. The summed E-state index contributed by atoms with van der Waals surface area (Å²) < 4.78 is 72.9. The number of carbonyl (C=O) groups is 1. The van der Waals surface area contributed by atoms with Crippen LogP contribution in [-0.4, -0.2) is 28.2 Å². The SMILES string of the molecule is O=C(NC1CC1)C(F)(F)Oc1ccc(-c2noc(C(F)(F)F)n2)cc1. The van der Waals surface area contributed by atoms with Gasteiger partial charge in [-0.3, -0.25) is 4.79 Å². The van der Waals surface area contributed by atoms with E-state index in [-0.39, 0.29) is 23.2 Å². The van der Waals surface area contributed by atoms with Crippen molar-refractivity contribution in [1.82, 2.24) is 15.5 Å². The highest BCUT2D eigenvalue weighted by atomic mass is 19.4. The smallest absolute Gasteiger partial charge is 0.425 e. The van der Waals surface area contributed by atoms with Crippen LogP contribution in [0.3, 0.4) is 0 Å². The van der Waals surface area contributed by atoms with Crippen molar-refractivity contribution in [2.45, 2.75) is 31.2 Å². The highest BCUT2D eigenvalue weighted by molar-refractivity contribution is 5.82. The highest BCUT2D eigenvalue weighted by Crippen LogP contribution is 2.30. The van der Waals surface area contributed by atoms with Crippen molar-refractivity contribution in [3.63, 3.8) is 0 Å². The van der Waals surface area contributed by atoms with Crippen LogP contribution in [0.1, 0.15) is 18.7 Å². The molecule has 0 saturated heterocycles. The van der Waals surface area contributed by atoms with Crippen LogP contribution in [0.4, 0.5) is 22.0 Å². The predicted molar refractivity (Wildman–Crippen MR) is 71.5 cm³/mol. The molecule has 6 nitrogen and oxygen atoms in total. The van der Waals surface area contributed by atoms with E-state index in [4.69, 9.17) is 0 Å². The monoisotopic (exact) mass is 363 g/mol. The number of amides is 1.